The molecule has 3 aromatic rings. The average Bonchev–Trinajstić information content (AvgIpc) is 2.74. The van der Waals surface area contributed by atoms with Gasteiger partial charge in [-0.25, -0.2) is 0 Å². The molecule has 0 bridgehead atoms. The molecule has 0 saturated heterocycles. The first-order chi connectivity index (χ1) is 14.0. The summed E-state index contributed by atoms with van der Waals surface area (Å²) in [6.07, 6.45) is 0.324. The average molecular weight is 501 g/mol. The van der Waals surface area contributed by atoms with Crippen molar-refractivity contribution in [2.75, 3.05) is 19.5 Å². The van der Waals surface area contributed by atoms with Gasteiger partial charge in [0, 0.05) is 21.2 Å². The molecule has 0 radical (unpaired) electrons. The van der Waals surface area contributed by atoms with Crippen LogP contribution in [0.4, 0.5) is 5.69 Å². The molecular formula is C24H24INO3. The highest BCUT2D eigenvalue weighted by Gasteiger charge is 2.19. The third-order valence-corrected chi connectivity index (χ3v) is 5.48. The molecule has 0 fully saturated rings. The predicted octanol–water partition coefficient (Wildman–Crippen LogP) is 6.04. The van der Waals surface area contributed by atoms with Crippen molar-refractivity contribution in [2.45, 2.75) is 19.4 Å². The van der Waals surface area contributed by atoms with E-state index in [4.69, 9.17) is 9.47 Å². The number of anilines is 1. The number of hydrogen-bond acceptors (Lipinski definition) is 4. The van der Waals surface area contributed by atoms with Gasteiger partial charge in [-0.1, -0.05) is 35.9 Å². The minimum absolute atomic E-state index is 0.0859. The molecule has 1 N–H and O–H groups in total. The monoisotopic (exact) mass is 501 g/mol. The van der Waals surface area contributed by atoms with E-state index in [2.05, 4.69) is 27.9 Å². The van der Waals surface area contributed by atoms with Crippen LogP contribution in [0.15, 0.2) is 66.7 Å². The number of carbonyl (C=O) groups is 1. The van der Waals surface area contributed by atoms with E-state index >= 15 is 0 Å². The minimum atomic E-state index is -0.205. The third kappa shape index (κ3) is 5.50. The lowest BCUT2D eigenvalue weighted by atomic mass is 9.96. The highest BCUT2D eigenvalue weighted by molar-refractivity contribution is 14.1. The van der Waals surface area contributed by atoms with E-state index in [0.29, 0.717) is 23.5 Å². The molecule has 29 heavy (non-hydrogen) atoms. The molecule has 0 heterocycles. The van der Waals surface area contributed by atoms with Gasteiger partial charge >= 0.3 is 0 Å². The summed E-state index contributed by atoms with van der Waals surface area (Å²) < 4.78 is 12.0. The molecule has 3 rings (SSSR count). The normalized spacial score (nSPS) is 11.6. The Morgan fingerprint density at radius 3 is 2.21 bits per heavy atom. The fourth-order valence-electron chi connectivity index (χ4n) is 3.11. The Hall–Kier alpha value is -2.54. The maximum Gasteiger partial charge on any atom is 0.165 e. The second-order valence-electron chi connectivity index (χ2n) is 6.81. The number of benzene rings is 3. The van der Waals surface area contributed by atoms with Crippen LogP contribution < -0.4 is 14.8 Å². The van der Waals surface area contributed by atoms with Crippen LogP contribution in [0.3, 0.4) is 0 Å². The van der Waals surface area contributed by atoms with Crippen molar-refractivity contribution in [1.29, 1.82) is 0 Å². The molecule has 0 amide bonds. The van der Waals surface area contributed by atoms with Crippen molar-refractivity contribution in [1.82, 2.24) is 0 Å². The zero-order chi connectivity index (χ0) is 20.8. The van der Waals surface area contributed by atoms with Crippen LogP contribution in [0.5, 0.6) is 11.5 Å². The summed E-state index contributed by atoms with van der Waals surface area (Å²) >= 11 is 2.28. The Bertz CT molecular complexity index is 968. The summed E-state index contributed by atoms with van der Waals surface area (Å²) in [5.41, 5.74) is 3.77. The molecular weight excluding hydrogens is 477 g/mol. The number of carbonyl (C=O) groups excluding carboxylic acids is 1. The summed E-state index contributed by atoms with van der Waals surface area (Å²) in [5, 5.41) is 3.50. The molecule has 0 aliphatic rings. The lowest BCUT2D eigenvalue weighted by Gasteiger charge is -2.21. The number of rotatable bonds is 8. The van der Waals surface area contributed by atoms with E-state index in [1.165, 1.54) is 0 Å². The van der Waals surface area contributed by atoms with Gasteiger partial charge in [0.25, 0.3) is 0 Å². The fraction of sp³-hybridized carbons (Fsp3) is 0.208. The number of halogens is 1. The zero-order valence-electron chi connectivity index (χ0n) is 16.7. The molecule has 0 aromatic heterocycles. The van der Waals surface area contributed by atoms with Gasteiger partial charge in [0.2, 0.25) is 0 Å². The number of Topliss-reactive ketones (excluding diaryl/α,β-unsaturated/α-hetero) is 1. The predicted molar refractivity (Wildman–Crippen MR) is 125 cm³/mol. The fourth-order valence-corrected chi connectivity index (χ4v) is 3.47. The van der Waals surface area contributed by atoms with E-state index in [-0.39, 0.29) is 11.8 Å². The molecule has 1 atom stereocenters. The summed E-state index contributed by atoms with van der Waals surface area (Å²) in [6.45, 7) is 2.01. The first kappa shape index (κ1) is 21.2. The summed E-state index contributed by atoms with van der Waals surface area (Å²) in [4.78, 5) is 13.0. The Balaban J connectivity index is 1.91. The smallest absolute Gasteiger partial charge is 0.165 e. The second-order valence-corrected chi connectivity index (χ2v) is 8.06. The molecule has 0 aliphatic carbocycles. The molecule has 0 unspecified atom stereocenters. The van der Waals surface area contributed by atoms with Crippen molar-refractivity contribution in [3.63, 3.8) is 0 Å². The van der Waals surface area contributed by atoms with Crippen molar-refractivity contribution >= 4 is 34.1 Å². The molecule has 5 heteroatoms. The van der Waals surface area contributed by atoms with Gasteiger partial charge in [0.15, 0.2) is 17.3 Å². The number of nitrogens with one attached hydrogen (secondary N) is 1. The van der Waals surface area contributed by atoms with Crippen molar-refractivity contribution in [2.24, 2.45) is 0 Å². The van der Waals surface area contributed by atoms with Crippen LogP contribution in [-0.2, 0) is 0 Å². The molecule has 0 saturated carbocycles. The summed E-state index contributed by atoms with van der Waals surface area (Å²) in [5.74, 6) is 1.39. The second kappa shape index (κ2) is 9.78. The number of aryl methyl sites for hydroxylation is 1. The highest BCUT2D eigenvalue weighted by Crippen LogP contribution is 2.33. The van der Waals surface area contributed by atoms with E-state index in [9.17, 15) is 4.79 Å². The standard InChI is InChI=1S/C24H24INO3/c1-16-4-6-17(7-5-16)22(27)15-21(26-20-11-9-19(25)10-12-20)18-8-13-23(28-2)24(14-18)29-3/h4-14,21,26H,15H2,1-3H3/t21-/m1/s1. The molecule has 0 spiro atoms. The number of ether oxygens (including phenoxy) is 2. The summed E-state index contributed by atoms with van der Waals surface area (Å²) in [6, 6.07) is 21.4. The molecule has 0 aliphatic heterocycles. The zero-order valence-corrected chi connectivity index (χ0v) is 18.9. The third-order valence-electron chi connectivity index (χ3n) is 4.76. The summed E-state index contributed by atoms with van der Waals surface area (Å²) in [7, 11) is 3.22. The van der Waals surface area contributed by atoms with Crippen molar-refractivity contribution < 1.29 is 14.3 Å². The largest absolute Gasteiger partial charge is 0.493 e. The van der Waals surface area contributed by atoms with Gasteiger partial charge in [0.1, 0.15) is 0 Å². The maximum atomic E-state index is 13.0. The van der Waals surface area contributed by atoms with Crippen LogP contribution in [0.25, 0.3) is 0 Å². The van der Waals surface area contributed by atoms with Crippen molar-refractivity contribution in [3.8, 4) is 11.5 Å². The lowest BCUT2D eigenvalue weighted by Crippen LogP contribution is -2.16. The van der Waals surface area contributed by atoms with E-state index < -0.39 is 0 Å². The van der Waals surface area contributed by atoms with Crippen molar-refractivity contribution in [3.05, 3.63) is 87.0 Å². The number of hydrogen-bond donors (Lipinski definition) is 1. The Morgan fingerprint density at radius 1 is 0.931 bits per heavy atom. The molecule has 150 valence electrons. The van der Waals surface area contributed by atoms with Gasteiger partial charge in [0.05, 0.1) is 20.3 Å². The Morgan fingerprint density at radius 2 is 1.59 bits per heavy atom. The van der Waals surface area contributed by atoms with Gasteiger partial charge in [-0.05, 0) is 71.5 Å². The quantitative estimate of drug-likeness (QED) is 0.302. The highest BCUT2D eigenvalue weighted by atomic mass is 127. The Labute approximate surface area is 185 Å². The van der Waals surface area contributed by atoms with Crippen LogP contribution in [0.2, 0.25) is 0 Å². The molecule has 4 nitrogen and oxygen atoms in total. The number of ketones is 1. The van der Waals surface area contributed by atoms with Crippen LogP contribution in [-0.4, -0.2) is 20.0 Å². The van der Waals surface area contributed by atoms with Crippen LogP contribution in [0, 0.1) is 10.5 Å². The maximum absolute atomic E-state index is 13.0. The van der Waals surface area contributed by atoms with Crippen LogP contribution in [0.1, 0.15) is 33.9 Å². The van der Waals surface area contributed by atoms with E-state index in [0.717, 1.165) is 20.4 Å². The first-order valence-electron chi connectivity index (χ1n) is 9.34. The lowest BCUT2D eigenvalue weighted by molar-refractivity contribution is 0.0976. The Kier molecular flexibility index (Phi) is 7.14. The van der Waals surface area contributed by atoms with E-state index in [1.807, 2.05) is 73.7 Å². The topological polar surface area (TPSA) is 47.6 Å². The molecule has 3 aromatic carbocycles. The number of methoxy groups -OCH3 is 2. The van der Waals surface area contributed by atoms with Gasteiger partial charge in [-0.15, -0.1) is 0 Å². The van der Waals surface area contributed by atoms with Gasteiger partial charge in [-0.2, -0.15) is 0 Å². The van der Waals surface area contributed by atoms with Gasteiger partial charge in [-0.3, -0.25) is 4.79 Å². The van der Waals surface area contributed by atoms with E-state index in [1.54, 1.807) is 14.2 Å². The van der Waals surface area contributed by atoms with Crippen LogP contribution >= 0.6 is 22.6 Å². The minimum Gasteiger partial charge on any atom is -0.493 e. The van der Waals surface area contributed by atoms with Gasteiger partial charge < -0.3 is 14.8 Å². The SMILES string of the molecule is COc1ccc([C@@H](CC(=O)c2ccc(C)cc2)Nc2ccc(I)cc2)cc1OC. The first-order valence-corrected chi connectivity index (χ1v) is 10.4.